The van der Waals surface area contributed by atoms with Crippen LogP contribution in [0.25, 0.3) is 11.1 Å². The van der Waals surface area contributed by atoms with Crippen LogP contribution in [0.4, 0.5) is 11.4 Å². The van der Waals surface area contributed by atoms with Crippen LogP contribution in [-0.2, 0) is 10.0 Å². The number of thioether (sulfide) groups is 1. The average molecular weight is 443 g/mol. The maximum absolute atomic E-state index is 12.0. The van der Waals surface area contributed by atoms with Crippen molar-refractivity contribution in [2.45, 2.75) is 16.0 Å². The molecule has 1 aliphatic rings. The van der Waals surface area contributed by atoms with E-state index in [9.17, 15) is 8.42 Å². The first-order chi connectivity index (χ1) is 12.8. The second-order valence-electron chi connectivity index (χ2n) is 5.87. The number of fused-ring (bicyclic) bond motifs is 1. The maximum atomic E-state index is 12.0. The van der Waals surface area contributed by atoms with Crippen LogP contribution in [0.2, 0.25) is 5.02 Å². The lowest BCUT2D eigenvalue weighted by atomic mass is 10.0. The Hall–Kier alpha value is -1.36. The molecule has 1 aliphatic heterocycles. The van der Waals surface area contributed by atoms with E-state index < -0.39 is 10.0 Å². The predicted molar refractivity (Wildman–Crippen MR) is 117 cm³/mol. The maximum Gasteiger partial charge on any atom is 0.238 e. The monoisotopic (exact) mass is 442 g/mol. The summed E-state index contributed by atoms with van der Waals surface area (Å²) in [5.41, 5.74) is 8.11. The Bertz CT molecular complexity index is 982. The van der Waals surface area contributed by atoms with E-state index in [1.165, 1.54) is 24.1 Å². The van der Waals surface area contributed by atoms with E-state index in [4.69, 9.17) is 22.5 Å². The van der Waals surface area contributed by atoms with Crippen LogP contribution in [0.3, 0.4) is 0 Å². The number of nitrogen functional groups attached to an aromatic ring is 1. The molecule has 0 bridgehead atoms. The number of rotatable bonds is 6. The van der Waals surface area contributed by atoms with Gasteiger partial charge >= 0.3 is 0 Å². The zero-order valence-corrected chi connectivity index (χ0v) is 17.4. The van der Waals surface area contributed by atoms with Gasteiger partial charge in [-0.1, -0.05) is 17.7 Å². The molecule has 1 atom stereocenters. The number of primary sulfonamides is 1. The Morgan fingerprint density at radius 3 is 2.78 bits per heavy atom. The number of hydrogen-bond donors (Lipinski definition) is 4. The number of nitrogens with one attached hydrogen (secondary N) is 2. The van der Waals surface area contributed by atoms with E-state index in [0.29, 0.717) is 21.8 Å². The van der Waals surface area contributed by atoms with Gasteiger partial charge in [-0.2, -0.15) is 11.8 Å². The van der Waals surface area contributed by atoms with E-state index in [2.05, 4.69) is 16.6 Å². The largest absolute Gasteiger partial charge is 0.399 e. The summed E-state index contributed by atoms with van der Waals surface area (Å²) >= 11 is 9.71. The Kier molecular flexibility index (Phi) is 6.29. The highest BCUT2D eigenvalue weighted by molar-refractivity contribution is 7.99. The molecule has 2 aromatic rings. The standard InChI is InChI=1S/C17H19ClN4O2S3/c1-2-5-25-9-17-21-14-8-13(18)11(7-15(14)26-22-17)12-6-10(19)3-4-16(12)27(20,23)24/h2-4,6-8,17,21-22H,1,5,9,19H2,(H2,20,23,24). The fraction of sp³-hybridized carbons (Fsp3) is 0.176. The summed E-state index contributed by atoms with van der Waals surface area (Å²) in [6.45, 7) is 3.71. The van der Waals surface area contributed by atoms with Gasteiger partial charge in [-0.3, -0.25) is 0 Å². The van der Waals surface area contributed by atoms with E-state index >= 15 is 0 Å². The number of halogens is 1. The predicted octanol–water partition coefficient (Wildman–Crippen LogP) is 3.50. The minimum Gasteiger partial charge on any atom is -0.399 e. The number of hydrogen-bond acceptors (Lipinski definition) is 7. The van der Waals surface area contributed by atoms with Gasteiger partial charge in [0.25, 0.3) is 0 Å². The molecule has 1 unspecified atom stereocenters. The summed E-state index contributed by atoms with van der Waals surface area (Å²) in [7, 11) is -3.92. The second-order valence-corrected chi connectivity index (χ2v) is 9.76. The number of benzene rings is 2. The van der Waals surface area contributed by atoms with Gasteiger partial charge in [-0.25, -0.2) is 18.3 Å². The molecule has 0 aromatic heterocycles. The highest BCUT2D eigenvalue weighted by atomic mass is 35.5. The van der Waals surface area contributed by atoms with Crippen LogP contribution in [0.5, 0.6) is 0 Å². The molecule has 0 saturated carbocycles. The molecule has 0 radical (unpaired) electrons. The van der Waals surface area contributed by atoms with Crippen LogP contribution < -0.4 is 20.9 Å². The third kappa shape index (κ3) is 4.74. The molecule has 10 heteroatoms. The van der Waals surface area contributed by atoms with Gasteiger partial charge in [-0.15, -0.1) is 6.58 Å². The molecule has 6 nitrogen and oxygen atoms in total. The van der Waals surface area contributed by atoms with Crippen molar-refractivity contribution in [1.82, 2.24) is 4.72 Å². The van der Waals surface area contributed by atoms with Crippen molar-refractivity contribution in [3.8, 4) is 11.1 Å². The van der Waals surface area contributed by atoms with Gasteiger partial charge < -0.3 is 11.1 Å². The SMILES string of the molecule is C=CCSCC1NSc2cc(-c3cc(N)ccc3S(N)(=O)=O)c(Cl)cc2N1. The first-order valence-corrected chi connectivity index (χ1v) is 11.8. The van der Waals surface area contributed by atoms with Crippen LogP contribution in [0, 0.1) is 0 Å². The first-order valence-electron chi connectivity index (χ1n) is 7.93. The topological polar surface area (TPSA) is 110 Å². The minimum atomic E-state index is -3.92. The summed E-state index contributed by atoms with van der Waals surface area (Å²) in [6.07, 6.45) is 1.95. The Morgan fingerprint density at radius 2 is 2.07 bits per heavy atom. The van der Waals surface area contributed by atoms with E-state index in [-0.39, 0.29) is 11.1 Å². The smallest absolute Gasteiger partial charge is 0.238 e. The van der Waals surface area contributed by atoms with Gasteiger partial charge in [0, 0.05) is 33.2 Å². The molecule has 6 N–H and O–H groups in total. The molecule has 0 amide bonds. The molecule has 0 fully saturated rings. The number of sulfonamides is 1. The molecule has 0 saturated heterocycles. The summed E-state index contributed by atoms with van der Waals surface area (Å²) in [6, 6.07) is 8.09. The molecule has 144 valence electrons. The summed E-state index contributed by atoms with van der Waals surface area (Å²) < 4.78 is 27.3. The Morgan fingerprint density at radius 1 is 1.30 bits per heavy atom. The molecule has 3 rings (SSSR count). The zero-order valence-electron chi connectivity index (χ0n) is 14.2. The molecule has 0 spiro atoms. The highest BCUT2D eigenvalue weighted by Gasteiger charge is 2.23. The summed E-state index contributed by atoms with van der Waals surface area (Å²) in [5.74, 6) is 1.74. The van der Waals surface area contributed by atoms with Gasteiger partial charge in [-0.05, 0) is 42.3 Å². The second kappa shape index (κ2) is 8.34. The van der Waals surface area contributed by atoms with Gasteiger partial charge in [0.05, 0.1) is 21.8 Å². The molecular weight excluding hydrogens is 424 g/mol. The highest BCUT2D eigenvalue weighted by Crippen LogP contribution is 2.41. The number of anilines is 2. The van der Waals surface area contributed by atoms with Crippen molar-refractivity contribution < 1.29 is 8.42 Å². The van der Waals surface area contributed by atoms with Crippen molar-refractivity contribution >= 4 is 56.7 Å². The van der Waals surface area contributed by atoms with Crippen LogP contribution in [0.15, 0.2) is 52.8 Å². The van der Waals surface area contributed by atoms with E-state index in [1.807, 2.05) is 12.1 Å². The summed E-state index contributed by atoms with van der Waals surface area (Å²) in [4.78, 5) is 0.890. The molecular formula is C17H19ClN4O2S3. The lowest BCUT2D eigenvalue weighted by molar-refractivity contribution is 0.598. The molecule has 1 heterocycles. The van der Waals surface area contributed by atoms with Gasteiger partial charge in [0.1, 0.15) is 0 Å². The van der Waals surface area contributed by atoms with Crippen molar-refractivity contribution in [2.24, 2.45) is 5.14 Å². The van der Waals surface area contributed by atoms with Gasteiger partial charge in [0.15, 0.2) is 0 Å². The lowest BCUT2D eigenvalue weighted by Crippen LogP contribution is -2.37. The molecule has 27 heavy (non-hydrogen) atoms. The normalized spacial score (nSPS) is 16.4. The van der Waals surface area contributed by atoms with Crippen LogP contribution in [-0.4, -0.2) is 26.1 Å². The molecule has 0 aliphatic carbocycles. The van der Waals surface area contributed by atoms with Gasteiger partial charge in [0.2, 0.25) is 10.0 Å². The van der Waals surface area contributed by atoms with Crippen molar-refractivity contribution in [1.29, 1.82) is 0 Å². The molecule has 2 aromatic carbocycles. The Balaban J connectivity index is 1.97. The fourth-order valence-corrected chi connectivity index (χ4v) is 5.29. The third-order valence-corrected chi connectivity index (χ3v) is 7.11. The summed E-state index contributed by atoms with van der Waals surface area (Å²) in [5, 5.41) is 9.16. The fourth-order valence-electron chi connectivity index (χ4n) is 2.66. The van der Waals surface area contributed by atoms with Crippen LogP contribution >= 0.6 is 35.3 Å². The van der Waals surface area contributed by atoms with Crippen molar-refractivity contribution in [3.05, 3.63) is 48.0 Å². The van der Waals surface area contributed by atoms with E-state index in [1.54, 1.807) is 23.9 Å². The Labute approximate surface area is 172 Å². The van der Waals surface area contributed by atoms with Crippen molar-refractivity contribution in [3.63, 3.8) is 0 Å². The zero-order chi connectivity index (χ0) is 19.6. The van der Waals surface area contributed by atoms with E-state index in [0.717, 1.165) is 22.1 Å². The third-order valence-electron chi connectivity index (χ3n) is 3.83. The lowest BCUT2D eigenvalue weighted by Gasteiger charge is -2.28. The quantitative estimate of drug-likeness (QED) is 0.234. The first kappa shape index (κ1) is 20.4. The van der Waals surface area contributed by atoms with Crippen molar-refractivity contribution in [2.75, 3.05) is 22.6 Å². The average Bonchev–Trinajstić information content (AvgIpc) is 2.60. The number of nitrogens with two attached hydrogens (primary N) is 2. The minimum absolute atomic E-state index is 0.0148. The van der Waals surface area contributed by atoms with Crippen LogP contribution in [0.1, 0.15) is 0 Å².